The zero-order chi connectivity index (χ0) is 23.9. The molecule has 0 aliphatic carbocycles. The number of fused-ring (bicyclic) bond motifs is 2. The number of anilines is 2. The summed E-state index contributed by atoms with van der Waals surface area (Å²) >= 11 is 1.49. The lowest BCUT2D eigenvalue weighted by Crippen LogP contribution is -2.28. The summed E-state index contributed by atoms with van der Waals surface area (Å²) in [5.74, 6) is 0. The summed E-state index contributed by atoms with van der Waals surface area (Å²) in [6.45, 7) is 2.43. The van der Waals surface area contributed by atoms with Gasteiger partial charge in [0.25, 0.3) is 20.0 Å². The first-order valence-corrected chi connectivity index (χ1v) is 17.7. The SMILES string of the molecule is CCN1c2c(ss/c2=N\S(=O)(=O)c2ccccc2)Sc2ss/c(=N/S(=O)(=O)c3ccccc3)c21. The maximum Gasteiger partial charge on any atom is 0.283 e. The summed E-state index contributed by atoms with van der Waals surface area (Å²) in [6, 6.07) is 16.2. The molecule has 0 amide bonds. The Morgan fingerprint density at radius 2 is 1.09 bits per heavy atom. The Morgan fingerprint density at radius 3 is 1.47 bits per heavy atom. The van der Waals surface area contributed by atoms with Gasteiger partial charge in [-0.25, -0.2) is 0 Å². The van der Waals surface area contributed by atoms with Gasteiger partial charge in [-0.3, -0.25) is 0 Å². The Labute approximate surface area is 215 Å². The molecule has 0 atom stereocenters. The molecule has 5 rings (SSSR count). The maximum absolute atomic E-state index is 12.9. The van der Waals surface area contributed by atoms with Crippen molar-refractivity contribution in [1.29, 1.82) is 0 Å². The van der Waals surface area contributed by atoms with Gasteiger partial charge in [-0.05, 0) is 31.2 Å². The van der Waals surface area contributed by atoms with Gasteiger partial charge >= 0.3 is 0 Å². The van der Waals surface area contributed by atoms with E-state index in [0.717, 1.165) is 8.42 Å². The molecule has 0 bridgehead atoms. The molecule has 2 aromatic carbocycles. The zero-order valence-electron chi connectivity index (χ0n) is 17.3. The number of rotatable bonds is 5. The molecule has 0 spiro atoms. The van der Waals surface area contributed by atoms with Crippen LogP contribution in [0.4, 0.5) is 11.4 Å². The van der Waals surface area contributed by atoms with Gasteiger partial charge in [-0.1, -0.05) is 89.5 Å². The lowest BCUT2D eigenvalue weighted by Gasteiger charge is -2.26. The molecule has 1 aliphatic rings. The molecule has 3 heterocycles. The van der Waals surface area contributed by atoms with Crippen LogP contribution in [0, 0.1) is 0 Å². The lowest BCUT2D eigenvalue weighted by molar-refractivity contribution is 0.595. The molecule has 0 radical (unpaired) electrons. The van der Waals surface area contributed by atoms with E-state index in [-0.39, 0.29) is 9.79 Å². The molecule has 4 aromatic rings. The summed E-state index contributed by atoms with van der Waals surface area (Å²) in [4.78, 5) is 2.16. The van der Waals surface area contributed by atoms with Gasteiger partial charge in [0.05, 0.1) is 9.79 Å². The predicted molar refractivity (Wildman–Crippen MR) is 140 cm³/mol. The molecular weight excluding hydrogens is 571 g/mol. The highest BCUT2D eigenvalue weighted by atomic mass is 32.9. The van der Waals surface area contributed by atoms with Gasteiger partial charge in [-0.15, -0.1) is 8.80 Å². The van der Waals surface area contributed by atoms with Crippen molar-refractivity contribution >= 4 is 84.5 Å². The van der Waals surface area contributed by atoms with Crippen LogP contribution in [0.15, 0.2) is 87.7 Å². The number of nitrogens with zero attached hydrogens (tertiary/aromatic N) is 3. The number of hydrogen-bond acceptors (Lipinski definition) is 10. The van der Waals surface area contributed by atoms with Gasteiger partial charge in [-0.2, -0.15) is 16.8 Å². The second-order valence-electron chi connectivity index (χ2n) is 6.82. The molecule has 0 fully saturated rings. The number of sulfonamides is 2. The molecule has 1 aliphatic heterocycles. The quantitative estimate of drug-likeness (QED) is 0.301. The Hall–Kier alpha value is -1.81. The average molecular weight is 586 g/mol. The van der Waals surface area contributed by atoms with E-state index in [2.05, 4.69) is 8.80 Å². The summed E-state index contributed by atoms with van der Waals surface area (Å²) in [5, 5.41) is 0. The third-order valence-electron chi connectivity index (χ3n) is 4.71. The first kappa shape index (κ1) is 23.9. The molecular formula is C20H15N3O4S7. The van der Waals surface area contributed by atoms with Crippen molar-refractivity contribution in [2.75, 3.05) is 11.4 Å². The molecule has 0 N–H and O–H groups in total. The third-order valence-corrected chi connectivity index (χ3v) is 14.1. The largest absolute Gasteiger partial charge is 0.334 e. The fourth-order valence-corrected chi connectivity index (χ4v) is 12.9. The minimum atomic E-state index is -3.90. The van der Waals surface area contributed by atoms with Crippen molar-refractivity contribution in [3.05, 3.63) is 70.0 Å². The van der Waals surface area contributed by atoms with E-state index in [1.165, 1.54) is 77.4 Å². The van der Waals surface area contributed by atoms with E-state index < -0.39 is 20.0 Å². The van der Waals surface area contributed by atoms with Crippen LogP contribution in [0.25, 0.3) is 0 Å². The minimum absolute atomic E-state index is 0.122. The van der Waals surface area contributed by atoms with Crippen molar-refractivity contribution in [1.82, 2.24) is 0 Å². The lowest BCUT2D eigenvalue weighted by atomic mass is 10.4. The predicted octanol–water partition coefficient (Wildman–Crippen LogP) is 5.13. The van der Waals surface area contributed by atoms with E-state index in [1.807, 2.05) is 11.8 Å². The van der Waals surface area contributed by atoms with Crippen molar-refractivity contribution in [3.63, 3.8) is 0 Å². The molecule has 34 heavy (non-hydrogen) atoms. The fourth-order valence-electron chi connectivity index (χ4n) is 3.21. The number of benzene rings is 2. The Balaban J connectivity index is 1.65. The Morgan fingerprint density at radius 1 is 0.676 bits per heavy atom. The van der Waals surface area contributed by atoms with Crippen LogP contribution in [0.2, 0.25) is 0 Å². The molecule has 2 aromatic heterocycles. The standard InChI is InChI=1S/C20H15N3O4S7/c1-2-23-15-17(21-33(24,25)13-9-5-3-6-10-13)29-31-19(15)28-20-16(23)18(30-32-20)22-34(26,27)14-11-7-4-8-12-14/h3-12H,2H2,1H3/b21-17-,22-18+. The summed E-state index contributed by atoms with van der Waals surface area (Å²) in [7, 11) is -2.30. The van der Waals surface area contributed by atoms with Crippen LogP contribution in [0.5, 0.6) is 0 Å². The normalized spacial score (nSPS) is 14.8. The highest BCUT2D eigenvalue weighted by Gasteiger charge is 2.31. The van der Waals surface area contributed by atoms with Crippen LogP contribution < -0.4 is 14.2 Å². The topological polar surface area (TPSA) is 96.2 Å². The van der Waals surface area contributed by atoms with Crippen molar-refractivity contribution in [2.45, 2.75) is 25.1 Å². The summed E-state index contributed by atoms with van der Waals surface area (Å²) in [6.07, 6.45) is 0. The molecule has 0 saturated carbocycles. The molecule has 14 heteroatoms. The fraction of sp³-hybridized carbons (Fsp3) is 0.100. The minimum Gasteiger partial charge on any atom is -0.334 e. The van der Waals surface area contributed by atoms with Crippen LogP contribution in [-0.4, -0.2) is 23.4 Å². The Bertz CT molecular complexity index is 1570. The molecule has 7 nitrogen and oxygen atoms in total. The van der Waals surface area contributed by atoms with E-state index in [0.29, 0.717) is 27.3 Å². The van der Waals surface area contributed by atoms with Crippen molar-refractivity contribution in [3.8, 4) is 0 Å². The van der Waals surface area contributed by atoms with Crippen LogP contribution in [-0.2, 0) is 20.0 Å². The number of hydrogen-bond donors (Lipinski definition) is 0. The van der Waals surface area contributed by atoms with E-state index in [4.69, 9.17) is 0 Å². The van der Waals surface area contributed by atoms with Gasteiger partial charge in [0.15, 0.2) is 9.34 Å². The average Bonchev–Trinajstić information content (AvgIpc) is 3.42. The van der Waals surface area contributed by atoms with Crippen LogP contribution in [0.1, 0.15) is 6.92 Å². The first-order valence-electron chi connectivity index (χ1n) is 9.74. The van der Waals surface area contributed by atoms with Crippen molar-refractivity contribution in [2.24, 2.45) is 8.80 Å². The second kappa shape index (κ2) is 9.33. The van der Waals surface area contributed by atoms with E-state index >= 15 is 0 Å². The third kappa shape index (κ3) is 4.43. The first-order chi connectivity index (χ1) is 16.3. The van der Waals surface area contributed by atoms with Gasteiger partial charge in [0, 0.05) is 6.54 Å². The molecule has 0 saturated heterocycles. The smallest absolute Gasteiger partial charge is 0.283 e. The maximum atomic E-state index is 12.9. The van der Waals surface area contributed by atoms with Crippen LogP contribution >= 0.6 is 53.1 Å². The monoisotopic (exact) mass is 585 g/mol. The zero-order valence-corrected chi connectivity index (χ0v) is 23.0. The van der Waals surface area contributed by atoms with Crippen LogP contribution in [0.3, 0.4) is 0 Å². The molecule has 0 unspecified atom stereocenters. The highest BCUT2D eigenvalue weighted by Crippen LogP contribution is 2.51. The van der Waals surface area contributed by atoms with Gasteiger partial charge in [0.2, 0.25) is 0 Å². The van der Waals surface area contributed by atoms with E-state index in [9.17, 15) is 16.8 Å². The van der Waals surface area contributed by atoms with Crippen molar-refractivity contribution < 1.29 is 16.8 Å². The summed E-state index contributed by atoms with van der Waals surface area (Å²) < 4.78 is 62.5. The molecule has 176 valence electrons. The second-order valence-corrected chi connectivity index (χ2v) is 15.8. The van der Waals surface area contributed by atoms with Gasteiger partial charge in [0.1, 0.15) is 19.8 Å². The summed E-state index contributed by atoms with van der Waals surface area (Å²) in [5.41, 5.74) is 1.35. The van der Waals surface area contributed by atoms with Gasteiger partial charge < -0.3 is 4.90 Å². The Kier molecular flexibility index (Phi) is 6.56. The highest BCUT2D eigenvalue weighted by molar-refractivity contribution is 8.06. The van der Waals surface area contributed by atoms with E-state index in [1.54, 1.807) is 36.4 Å².